The molecule has 0 bridgehead atoms. The first kappa shape index (κ1) is 15.9. The van der Waals surface area contributed by atoms with Gasteiger partial charge in [0.15, 0.2) is 0 Å². The minimum Gasteiger partial charge on any atom is -0.373 e. The number of hydrogen-bond donors (Lipinski definition) is 0. The van der Waals surface area contributed by atoms with Crippen molar-refractivity contribution < 1.29 is 18.1 Å². The predicted molar refractivity (Wildman–Crippen MR) is 76.6 cm³/mol. The molecule has 0 spiro atoms. The Labute approximate surface area is 123 Å². The third kappa shape index (κ3) is 3.07. The van der Waals surface area contributed by atoms with E-state index < -0.39 is 14.9 Å². The maximum absolute atomic E-state index is 12.7. The number of ether oxygens (including phenoxy) is 1. The van der Waals surface area contributed by atoms with Crippen molar-refractivity contribution in [3.63, 3.8) is 0 Å². The Kier molecular flexibility index (Phi) is 4.31. The highest BCUT2D eigenvalue weighted by atomic mass is 32.2. The average Bonchev–Trinajstić information content (AvgIpc) is 2.37. The summed E-state index contributed by atoms with van der Waals surface area (Å²) in [6.07, 6.45) is -0.412. The molecule has 1 aliphatic heterocycles. The van der Waals surface area contributed by atoms with Crippen molar-refractivity contribution in [1.82, 2.24) is 4.31 Å². The van der Waals surface area contributed by atoms with Gasteiger partial charge in [-0.25, -0.2) is 8.42 Å². The van der Waals surface area contributed by atoms with Crippen LogP contribution in [0.4, 0.5) is 5.69 Å². The highest BCUT2D eigenvalue weighted by Gasteiger charge is 2.34. The summed E-state index contributed by atoms with van der Waals surface area (Å²) in [6, 6.07) is 4.10. The number of nitro groups is 1. The van der Waals surface area contributed by atoms with Crippen molar-refractivity contribution in [3.8, 4) is 0 Å². The minimum atomic E-state index is -3.77. The fraction of sp³-hybridized carbons (Fsp3) is 0.538. The third-order valence-electron chi connectivity index (χ3n) is 3.46. The number of morpholine rings is 1. The summed E-state index contributed by atoms with van der Waals surface area (Å²) in [6.45, 7) is 5.55. The lowest BCUT2D eigenvalue weighted by Crippen LogP contribution is -2.48. The quantitative estimate of drug-likeness (QED) is 0.625. The molecule has 21 heavy (non-hydrogen) atoms. The van der Waals surface area contributed by atoms with Crippen molar-refractivity contribution in [1.29, 1.82) is 0 Å². The number of nitrogens with zero attached hydrogens (tertiary/aromatic N) is 2. The Morgan fingerprint density at radius 2 is 1.86 bits per heavy atom. The van der Waals surface area contributed by atoms with Crippen LogP contribution in [0.25, 0.3) is 0 Å². The van der Waals surface area contributed by atoms with Gasteiger partial charge in [0.2, 0.25) is 10.0 Å². The van der Waals surface area contributed by atoms with Crippen LogP contribution in [-0.4, -0.2) is 42.9 Å². The number of rotatable bonds is 3. The van der Waals surface area contributed by atoms with Crippen LogP contribution in [0.2, 0.25) is 0 Å². The summed E-state index contributed by atoms with van der Waals surface area (Å²) in [5.41, 5.74) is -0.0280. The van der Waals surface area contributed by atoms with Crippen molar-refractivity contribution in [3.05, 3.63) is 33.9 Å². The van der Waals surface area contributed by atoms with E-state index in [0.717, 1.165) is 0 Å². The molecule has 0 unspecified atom stereocenters. The SMILES string of the molecule is Cc1c([N+](=O)[O-])cccc1S(=O)(=O)N1C[C@@H](C)O[C@H](C)C1. The molecule has 116 valence electrons. The number of sulfonamides is 1. The van der Waals surface area contributed by atoms with Gasteiger partial charge in [-0.2, -0.15) is 4.31 Å². The topological polar surface area (TPSA) is 89.8 Å². The molecule has 2 rings (SSSR count). The van der Waals surface area contributed by atoms with Crippen molar-refractivity contribution in [2.75, 3.05) is 13.1 Å². The van der Waals surface area contributed by atoms with Gasteiger partial charge >= 0.3 is 0 Å². The summed E-state index contributed by atoms with van der Waals surface area (Å²) in [7, 11) is -3.77. The zero-order valence-electron chi connectivity index (χ0n) is 12.1. The lowest BCUT2D eigenvalue weighted by atomic mass is 10.2. The van der Waals surface area contributed by atoms with E-state index >= 15 is 0 Å². The third-order valence-corrected chi connectivity index (χ3v) is 5.43. The van der Waals surface area contributed by atoms with E-state index in [1.54, 1.807) is 13.8 Å². The molecule has 1 aromatic carbocycles. The van der Waals surface area contributed by atoms with Crippen LogP contribution in [0.3, 0.4) is 0 Å². The van der Waals surface area contributed by atoms with E-state index in [9.17, 15) is 18.5 Å². The smallest absolute Gasteiger partial charge is 0.273 e. The van der Waals surface area contributed by atoms with Crippen LogP contribution >= 0.6 is 0 Å². The van der Waals surface area contributed by atoms with Crippen molar-refractivity contribution >= 4 is 15.7 Å². The van der Waals surface area contributed by atoms with E-state index in [0.29, 0.717) is 0 Å². The standard InChI is InChI=1S/C13H18N2O5S/c1-9-7-14(8-10(2)20-9)21(18,19)13-6-4-5-12(11(13)3)15(16)17/h4-6,9-10H,7-8H2,1-3H3/t9-,10-/m1/s1. The second kappa shape index (κ2) is 5.70. The Bertz CT molecular complexity index is 649. The average molecular weight is 314 g/mol. The zero-order valence-corrected chi connectivity index (χ0v) is 13.0. The van der Waals surface area contributed by atoms with Gasteiger partial charge in [0.1, 0.15) is 0 Å². The van der Waals surface area contributed by atoms with Crippen LogP contribution in [0.1, 0.15) is 19.4 Å². The van der Waals surface area contributed by atoms with Gasteiger partial charge in [-0.3, -0.25) is 10.1 Å². The number of benzene rings is 1. The fourth-order valence-corrected chi connectivity index (χ4v) is 4.38. The first-order valence-corrected chi connectivity index (χ1v) is 8.07. The van der Waals surface area contributed by atoms with E-state index in [-0.39, 0.29) is 41.4 Å². The van der Waals surface area contributed by atoms with Crippen LogP contribution in [0, 0.1) is 17.0 Å². The summed E-state index contributed by atoms with van der Waals surface area (Å²) in [5, 5.41) is 11.0. The molecule has 0 radical (unpaired) electrons. The van der Waals surface area contributed by atoms with Crippen molar-refractivity contribution in [2.24, 2.45) is 0 Å². The molecule has 2 atom stereocenters. The van der Waals surface area contributed by atoms with Gasteiger partial charge in [0.25, 0.3) is 5.69 Å². The maximum Gasteiger partial charge on any atom is 0.273 e. The molecule has 1 aromatic rings. The van der Waals surface area contributed by atoms with Crippen LogP contribution in [-0.2, 0) is 14.8 Å². The molecule has 0 amide bonds. The van der Waals surface area contributed by atoms with E-state index in [2.05, 4.69) is 0 Å². The van der Waals surface area contributed by atoms with E-state index in [1.165, 1.54) is 29.4 Å². The van der Waals surface area contributed by atoms with Crippen LogP contribution < -0.4 is 0 Å². The molecule has 1 heterocycles. The molecular weight excluding hydrogens is 296 g/mol. The number of nitro benzene ring substituents is 1. The fourth-order valence-electron chi connectivity index (χ4n) is 2.55. The summed E-state index contributed by atoms with van der Waals surface area (Å²) in [4.78, 5) is 10.4. The van der Waals surface area contributed by atoms with Crippen LogP contribution in [0.5, 0.6) is 0 Å². The first-order valence-electron chi connectivity index (χ1n) is 6.63. The Morgan fingerprint density at radius 1 is 1.29 bits per heavy atom. The van der Waals surface area contributed by atoms with Gasteiger partial charge in [0.05, 0.1) is 22.0 Å². The minimum absolute atomic E-state index is 0.0157. The molecule has 7 nitrogen and oxygen atoms in total. The molecule has 1 fully saturated rings. The molecule has 0 N–H and O–H groups in total. The predicted octanol–water partition coefficient (Wildman–Crippen LogP) is 1.70. The van der Waals surface area contributed by atoms with Gasteiger partial charge in [-0.1, -0.05) is 6.07 Å². The zero-order chi connectivity index (χ0) is 15.8. The van der Waals surface area contributed by atoms with Gasteiger partial charge in [-0.05, 0) is 26.8 Å². The molecule has 8 heteroatoms. The summed E-state index contributed by atoms with van der Waals surface area (Å²) in [5.74, 6) is 0. The number of hydrogen-bond acceptors (Lipinski definition) is 5. The van der Waals surface area contributed by atoms with E-state index in [1.807, 2.05) is 0 Å². The van der Waals surface area contributed by atoms with Gasteiger partial charge in [-0.15, -0.1) is 0 Å². The molecule has 0 aromatic heterocycles. The molecule has 0 saturated carbocycles. The van der Waals surface area contributed by atoms with E-state index in [4.69, 9.17) is 4.74 Å². The maximum atomic E-state index is 12.7. The molecule has 0 aliphatic carbocycles. The Hall–Kier alpha value is -1.51. The summed E-state index contributed by atoms with van der Waals surface area (Å²) >= 11 is 0. The second-order valence-corrected chi connectivity index (χ2v) is 7.14. The molecule has 1 aliphatic rings. The van der Waals surface area contributed by atoms with Gasteiger partial charge in [0, 0.05) is 24.7 Å². The molecular formula is C13H18N2O5S. The lowest BCUT2D eigenvalue weighted by molar-refractivity contribution is -0.385. The van der Waals surface area contributed by atoms with Crippen LogP contribution in [0.15, 0.2) is 23.1 Å². The first-order chi connectivity index (χ1) is 9.73. The largest absolute Gasteiger partial charge is 0.373 e. The highest BCUT2D eigenvalue weighted by molar-refractivity contribution is 7.89. The Balaban J connectivity index is 2.45. The molecule has 1 saturated heterocycles. The normalized spacial score (nSPS) is 24.0. The highest BCUT2D eigenvalue weighted by Crippen LogP contribution is 2.28. The Morgan fingerprint density at radius 3 is 2.38 bits per heavy atom. The van der Waals surface area contributed by atoms with Gasteiger partial charge < -0.3 is 4.74 Å². The van der Waals surface area contributed by atoms with Crippen molar-refractivity contribution in [2.45, 2.75) is 37.9 Å². The monoisotopic (exact) mass is 314 g/mol. The lowest BCUT2D eigenvalue weighted by Gasteiger charge is -2.34. The second-order valence-electron chi connectivity index (χ2n) is 5.24. The summed E-state index contributed by atoms with van der Waals surface area (Å²) < 4.78 is 32.3.